The van der Waals surface area contributed by atoms with E-state index in [1.54, 1.807) is 17.9 Å². The monoisotopic (exact) mass is 623 g/mol. The van der Waals surface area contributed by atoms with E-state index in [0.29, 0.717) is 64.2 Å². The minimum absolute atomic E-state index is 0.111. The summed E-state index contributed by atoms with van der Waals surface area (Å²) in [6.45, 7) is 5.89. The molecule has 3 aromatic rings. The molecule has 4 heterocycles. The van der Waals surface area contributed by atoms with E-state index in [-0.39, 0.29) is 29.9 Å². The Bertz CT molecular complexity index is 1690. The van der Waals surface area contributed by atoms with E-state index >= 15 is 0 Å². The highest BCUT2D eigenvalue weighted by Gasteiger charge is 2.34. The molecular weight excluding hydrogens is 582 g/mol. The number of allylic oxidation sites excluding steroid dienone is 1. The number of rotatable bonds is 9. The van der Waals surface area contributed by atoms with Gasteiger partial charge < -0.3 is 29.4 Å². The van der Waals surface area contributed by atoms with Crippen LogP contribution in [0.3, 0.4) is 0 Å². The first-order valence-electron chi connectivity index (χ1n) is 16.2. The van der Waals surface area contributed by atoms with Gasteiger partial charge in [-0.25, -0.2) is 0 Å². The maximum Gasteiger partial charge on any atom is 0.318 e. The van der Waals surface area contributed by atoms with Crippen LogP contribution < -0.4 is 14.5 Å². The quantitative estimate of drug-likeness (QED) is 0.352. The first-order chi connectivity index (χ1) is 22.3. The van der Waals surface area contributed by atoms with Crippen molar-refractivity contribution in [3.05, 3.63) is 59.8 Å². The third-order valence-corrected chi connectivity index (χ3v) is 9.42. The molecule has 0 spiro atoms. The Labute approximate surface area is 269 Å². The molecule has 3 aliphatic heterocycles. The number of likely N-dealkylation sites (tertiary alicyclic amines) is 1. The second-order valence-electron chi connectivity index (χ2n) is 12.3. The molecule has 46 heavy (non-hydrogen) atoms. The van der Waals surface area contributed by atoms with E-state index in [2.05, 4.69) is 33.9 Å². The zero-order valence-corrected chi connectivity index (χ0v) is 26.6. The first kappa shape index (κ1) is 31.3. The fraction of sp³-hybridized carbons (Fsp3) is 0.457. The number of fused-ring (bicyclic) bond motifs is 2. The Morgan fingerprint density at radius 2 is 1.93 bits per heavy atom. The summed E-state index contributed by atoms with van der Waals surface area (Å²) < 4.78 is 6.28. The number of phenolic OH excluding ortho intramolecular Hbond substituents is 1. The number of aromatic nitrogens is 2. The van der Waals surface area contributed by atoms with E-state index in [1.165, 1.54) is 12.2 Å². The van der Waals surface area contributed by atoms with Crippen molar-refractivity contribution in [2.24, 2.45) is 0 Å². The highest BCUT2D eigenvalue weighted by Crippen LogP contribution is 2.37. The number of ketones is 1. The summed E-state index contributed by atoms with van der Waals surface area (Å²) in [7, 11) is 2.11. The van der Waals surface area contributed by atoms with Gasteiger partial charge in [-0.2, -0.15) is 15.2 Å². The van der Waals surface area contributed by atoms with Gasteiger partial charge in [-0.1, -0.05) is 31.2 Å². The zero-order chi connectivity index (χ0) is 32.2. The number of anilines is 2. The lowest BCUT2D eigenvalue weighted by Gasteiger charge is -2.42. The molecular formula is C35H41N7O4. The number of piperazine rings is 1. The molecule has 2 fully saturated rings. The molecule has 3 aliphatic rings. The molecule has 1 N–H and O–H groups in total. The summed E-state index contributed by atoms with van der Waals surface area (Å²) in [6, 6.07) is 14.2. The number of aromatic hydroxyl groups is 1. The van der Waals surface area contributed by atoms with Crippen LogP contribution >= 0.6 is 0 Å². The Morgan fingerprint density at radius 1 is 1.09 bits per heavy atom. The summed E-state index contributed by atoms with van der Waals surface area (Å²) in [5, 5.41) is 22.2. The van der Waals surface area contributed by atoms with Crippen molar-refractivity contribution in [2.75, 3.05) is 56.2 Å². The fourth-order valence-electron chi connectivity index (χ4n) is 6.81. The van der Waals surface area contributed by atoms with Gasteiger partial charge in [0, 0.05) is 67.4 Å². The number of nitriles is 1. The number of carbonyl (C=O) groups is 2. The third-order valence-electron chi connectivity index (χ3n) is 9.42. The minimum atomic E-state index is -0.353. The average Bonchev–Trinajstić information content (AvgIpc) is 3.49. The van der Waals surface area contributed by atoms with Crippen LogP contribution in [0, 0.1) is 11.3 Å². The second-order valence-corrected chi connectivity index (χ2v) is 12.3. The molecule has 6 rings (SSSR count). The minimum Gasteiger partial charge on any atom is -0.508 e. The molecule has 0 unspecified atom stereocenters. The van der Waals surface area contributed by atoms with Gasteiger partial charge in [0.15, 0.2) is 5.78 Å². The number of benzene rings is 2. The van der Waals surface area contributed by atoms with E-state index in [0.717, 1.165) is 52.9 Å². The van der Waals surface area contributed by atoms with Gasteiger partial charge >= 0.3 is 6.01 Å². The van der Waals surface area contributed by atoms with E-state index in [9.17, 15) is 20.0 Å². The normalized spacial score (nSPS) is 20.2. The van der Waals surface area contributed by atoms with E-state index < -0.39 is 0 Å². The number of hydrogen-bond acceptors (Lipinski definition) is 10. The van der Waals surface area contributed by atoms with E-state index in [4.69, 9.17) is 14.7 Å². The van der Waals surface area contributed by atoms with Crippen molar-refractivity contribution in [3.63, 3.8) is 0 Å². The molecule has 2 saturated heterocycles. The lowest BCUT2D eigenvalue weighted by atomic mass is 10.0. The van der Waals surface area contributed by atoms with Crippen molar-refractivity contribution < 1.29 is 19.4 Å². The lowest BCUT2D eigenvalue weighted by Crippen LogP contribution is -2.55. The van der Waals surface area contributed by atoms with Crippen LogP contribution in [0.5, 0.6) is 11.8 Å². The number of phenols is 1. The Kier molecular flexibility index (Phi) is 9.35. The number of ether oxygens (including phenoxy) is 1. The topological polar surface area (TPSA) is 126 Å². The van der Waals surface area contributed by atoms with Gasteiger partial charge in [-0.3, -0.25) is 9.59 Å². The second kappa shape index (κ2) is 13.7. The van der Waals surface area contributed by atoms with Gasteiger partial charge in [0.25, 0.3) is 0 Å². The molecule has 1 aromatic heterocycles. The summed E-state index contributed by atoms with van der Waals surface area (Å²) in [5.74, 6) is 0.634. The van der Waals surface area contributed by atoms with Crippen LogP contribution in [0.1, 0.15) is 43.9 Å². The van der Waals surface area contributed by atoms with Crippen LogP contribution in [0.2, 0.25) is 0 Å². The molecule has 11 nitrogen and oxygen atoms in total. The lowest BCUT2D eigenvalue weighted by molar-refractivity contribution is -0.128. The molecule has 0 aliphatic carbocycles. The van der Waals surface area contributed by atoms with Crippen molar-refractivity contribution in [3.8, 4) is 17.8 Å². The highest BCUT2D eigenvalue weighted by atomic mass is 16.5. The van der Waals surface area contributed by atoms with Crippen molar-refractivity contribution in [1.29, 1.82) is 5.26 Å². The first-order valence-corrected chi connectivity index (χ1v) is 16.2. The maximum atomic E-state index is 13.0. The summed E-state index contributed by atoms with van der Waals surface area (Å²) in [6.07, 6.45) is 6.04. The summed E-state index contributed by atoms with van der Waals surface area (Å²) in [5.41, 5.74) is 2.86. The maximum absolute atomic E-state index is 13.0. The Balaban J connectivity index is 1.31. The van der Waals surface area contributed by atoms with Crippen LogP contribution in [-0.4, -0.2) is 95.0 Å². The Morgan fingerprint density at radius 3 is 2.72 bits per heavy atom. The predicted octanol–water partition coefficient (Wildman–Crippen LogP) is 3.84. The molecule has 11 heteroatoms. The number of carbonyl (C=O) groups excluding carboxylic acids is 2. The third kappa shape index (κ3) is 6.63. The van der Waals surface area contributed by atoms with E-state index in [1.807, 2.05) is 24.3 Å². The van der Waals surface area contributed by atoms with Crippen LogP contribution in [0.4, 0.5) is 11.5 Å². The Hall–Kier alpha value is -4.69. The van der Waals surface area contributed by atoms with Crippen molar-refractivity contribution in [2.45, 2.75) is 57.7 Å². The molecule has 0 bridgehead atoms. The average molecular weight is 624 g/mol. The summed E-state index contributed by atoms with van der Waals surface area (Å²) >= 11 is 0. The van der Waals surface area contributed by atoms with Gasteiger partial charge in [0.2, 0.25) is 5.91 Å². The summed E-state index contributed by atoms with van der Waals surface area (Å²) in [4.78, 5) is 43.1. The van der Waals surface area contributed by atoms with Gasteiger partial charge in [-0.15, -0.1) is 0 Å². The van der Waals surface area contributed by atoms with Crippen LogP contribution in [-0.2, 0) is 22.6 Å². The number of amides is 1. The molecule has 2 aromatic carbocycles. The van der Waals surface area contributed by atoms with Crippen molar-refractivity contribution in [1.82, 2.24) is 19.8 Å². The zero-order valence-electron chi connectivity index (χ0n) is 26.6. The predicted molar refractivity (Wildman–Crippen MR) is 176 cm³/mol. The number of nitrogens with zero attached hydrogens (tertiary/aromatic N) is 7. The number of hydrogen-bond donors (Lipinski definition) is 1. The molecule has 2 atom stereocenters. The van der Waals surface area contributed by atoms with Gasteiger partial charge in [-0.05, 0) is 50.4 Å². The molecule has 0 radical (unpaired) electrons. The highest BCUT2D eigenvalue weighted by molar-refractivity contribution is 5.98. The fourth-order valence-corrected chi connectivity index (χ4v) is 6.81. The largest absolute Gasteiger partial charge is 0.508 e. The molecule has 0 saturated carbocycles. The standard InChI is InChI=1S/C35H41N7O4/c1-3-27(43)10-11-33(45)42-18-17-41(21-25(42)12-14-36)34-30-13-16-40(32-20-28(44)19-24-7-4-5-9-29(24)32)22-31(30)37-35(38-34)46-23-26-8-6-15-39(26)2/h4-5,7,9-11,19-20,25-26,44H,3,6,8,12-13,15-18,21-23H2,1-2H3/b11-10+/t25-,26-/m0/s1. The number of likely N-dealkylation sites (N-methyl/N-ethyl adjacent to an activating group) is 1. The van der Waals surface area contributed by atoms with Crippen LogP contribution in [0.15, 0.2) is 48.6 Å². The van der Waals surface area contributed by atoms with Gasteiger partial charge in [0.05, 0.1) is 30.8 Å². The molecule has 240 valence electrons. The van der Waals surface area contributed by atoms with Crippen molar-refractivity contribution >= 4 is 34.0 Å². The van der Waals surface area contributed by atoms with Crippen LogP contribution in [0.25, 0.3) is 10.8 Å². The SMILES string of the molecule is CCC(=O)/C=C/C(=O)N1CCN(c2nc(OC[C@@H]3CCCN3C)nc3c2CCN(c2cc(O)cc4ccccc24)C3)C[C@@H]1CC#N. The van der Waals surface area contributed by atoms with Gasteiger partial charge in [0.1, 0.15) is 18.2 Å². The smallest absolute Gasteiger partial charge is 0.318 e. The molecule has 1 amide bonds.